The summed E-state index contributed by atoms with van der Waals surface area (Å²) in [7, 11) is 1.44. The number of ether oxygens (including phenoxy) is 3. The highest BCUT2D eigenvalue weighted by atomic mass is 32.2. The normalized spacial score (nSPS) is 11.2. The Balaban J connectivity index is 2.17. The van der Waals surface area contributed by atoms with Crippen LogP contribution in [0.2, 0.25) is 0 Å². The number of hydrogen-bond donors (Lipinski definition) is 1. The lowest BCUT2D eigenvalue weighted by molar-refractivity contribution is -0.298. The van der Waals surface area contributed by atoms with E-state index in [2.05, 4.69) is 15.2 Å². The second kappa shape index (κ2) is 11.1. The van der Waals surface area contributed by atoms with Crippen molar-refractivity contribution in [2.75, 3.05) is 20.3 Å². The molecule has 0 amide bonds. The van der Waals surface area contributed by atoms with Gasteiger partial charge in [0.2, 0.25) is 5.16 Å². The van der Waals surface area contributed by atoms with Crippen molar-refractivity contribution in [3.63, 3.8) is 0 Å². The van der Waals surface area contributed by atoms with Gasteiger partial charge in [0.05, 0.1) is 19.7 Å². The Kier molecular flexibility index (Phi) is 8.53. The molecule has 29 heavy (non-hydrogen) atoms. The van der Waals surface area contributed by atoms with Crippen molar-refractivity contribution in [2.24, 2.45) is 0 Å². The maximum Gasteiger partial charge on any atom is 0.344 e. The van der Waals surface area contributed by atoms with Gasteiger partial charge in [0.15, 0.2) is 18.1 Å². The van der Waals surface area contributed by atoms with E-state index in [-0.39, 0.29) is 18.1 Å². The van der Waals surface area contributed by atoms with Crippen molar-refractivity contribution in [3.8, 4) is 11.5 Å². The third-order valence-electron chi connectivity index (χ3n) is 3.54. The maximum absolute atomic E-state index is 11.5. The smallest absolute Gasteiger partial charge is 0.344 e. The molecule has 0 bridgehead atoms. The third-order valence-corrected chi connectivity index (χ3v) is 4.41. The van der Waals surface area contributed by atoms with Crippen molar-refractivity contribution in [3.05, 3.63) is 34.5 Å². The lowest BCUT2D eigenvalue weighted by atomic mass is 10.2. The van der Waals surface area contributed by atoms with Gasteiger partial charge in [-0.3, -0.25) is 5.10 Å². The summed E-state index contributed by atoms with van der Waals surface area (Å²) in [5, 5.41) is 18.6. The summed E-state index contributed by atoms with van der Waals surface area (Å²) >= 11 is 0.888. The van der Waals surface area contributed by atoms with Crippen LogP contribution in [0.25, 0.3) is 6.08 Å². The molecular weight excluding hydrogens is 398 g/mol. The molecule has 0 radical (unpaired) electrons. The van der Waals surface area contributed by atoms with Crippen LogP contribution in [0.1, 0.15) is 31.7 Å². The summed E-state index contributed by atoms with van der Waals surface area (Å²) in [4.78, 5) is 27.1. The first kappa shape index (κ1) is 22.3. The number of rotatable bonds is 11. The van der Waals surface area contributed by atoms with E-state index in [9.17, 15) is 14.7 Å². The molecule has 2 aromatic rings. The van der Waals surface area contributed by atoms with Gasteiger partial charge < -0.3 is 24.1 Å². The molecule has 1 N–H and O–H groups in total. The van der Waals surface area contributed by atoms with Crippen LogP contribution in [0.3, 0.4) is 0 Å². The Hall–Kier alpha value is -3.01. The fraction of sp³-hybridized carbons (Fsp3) is 0.368. The van der Waals surface area contributed by atoms with E-state index in [1.165, 1.54) is 13.2 Å². The van der Waals surface area contributed by atoms with Crippen molar-refractivity contribution in [1.82, 2.24) is 15.2 Å². The number of thioether (sulfide) groups is 1. The molecule has 0 aliphatic carbocycles. The van der Waals surface area contributed by atoms with Crippen LogP contribution >= 0.6 is 11.8 Å². The third kappa shape index (κ3) is 6.83. The molecule has 0 spiro atoms. The number of aromatic amines is 1. The van der Waals surface area contributed by atoms with Crippen molar-refractivity contribution in [1.29, 1.82) is 0 Å². The van der Waals surface area contributed by atoms with Crippen molar-refractivity contribution < 1.29 is 28.9 Å². The number of aryl methyl sites for hydroxylation is 1. The van der Waals surface area contributed by atoms with E-state index < -0.39 is 11.9 Å². The number of carbonyl (C=O) groups is 2. The molecule has 2 rings (SSSR count). The minimum atomic E-state index is -1.35. The first-order valence-electron chi connectivity index (χ1n) is 8.95. The highest BCUT2D eigenvalue weighted by Gasteiger charge is 2.11. The van der Waals surface area contributed by atoms with E-state index >= 15 is 0 Å². The lowest BCUT2D eigenvalue weighted by Crippen LogP contribution is -2.23. The summed E-state index contributed by atoms with van der Waals surface area (Å²) in [6.45, 7) is 3.72. The number of hydrogen-bond acceptors (Lipinski definition) is 9. The number of nitrogens with zero attached hydrogens (tertiary/aromatic N) is 2. The van der Waals surface area contributed by atoms with E-state index in [0.29, 0.717) is 28.0 Å². The summed E-state index contributed by atoms with van der Waals surface area (Å²) in [5.74, 6) is -0.480. The standard InChI is InChI=1S/C19H23N3O6S/c1-4-6-16-20-19(22-21-16)29-15(18(24)25)10-12-7-8-13(14(9-12)26-3)28-11-17(23)27-5-2/h7-10H,4-6,11H2,1-3H3,(H,24,25)(H,20,21,22)/p-1/b15-10-. The zero-order valence-corrected chi connectivity index (χ0v) is 17.2. The summed E-state index contributed by atoms with van der Waals surface area (Å²) in [6, 6.07) is 4.80. The van der Waals surface area contributed by atoms with Gasteiger partial charge in [0, 0.05) is 11.3 Å². The highest BCUT2D eigenvalue weighted by Crippen LogP contribution is 2.31. The predicted octanol–water partition coefficient (Wildman–Crippen LogP) is 1.59. The molecule has 10 heteroatoms. The first-order chi connectivity index (χ1) is 14.0. The first-order valence-corrected chi connectivity index (χ1v) is 9.77. The summed E-state index contributed by atoms with van der Waals surface area (Å²) < 4.78 is 15.5. The van der Waals surface area contributed by atoms with Crippen LogP contribution in [0.15, 0.2) is 28.3 Å². The molecule has 0 fully saturated rings. The number of benzene rings is 1. The van der Waals surface area contributed by atoms with E-state index in [4.69, 9.17) is 14.2 Å². The van der Waals surface area contributed by atoms with Crippen LogP contribution in [0.4, 0.5) is 0 Å². The Morgan fingerprint density at radius 3 is 2.72 bits per heavy atom. The number of aromatic nitrogens is 3. The van der Waals surface area contributed by atoms with Crippen molar-refractivity contribution >= 4 is 29.8 Å². The van der Waals surface area contributed by atoms with Crippen LogP contribution in [-0.2, 0) is 20.7 Å². The summed E-state index contributed by atoms with van der Waals surface area (Å²) in [6.07, 6.45) is 3.04. The minimum Gasteiger partial charge on any atom is -0.544 e. The minimum absolute atomic E-state index is 0.0608. The zero-order chi connectivity index (χ0) is 21.2. The van der Waals surface area contributed by atoms with Crippen LogP contribution in [0.5, 0.6) is 11.5 Å². The Morgan fingerprint density at radius 1 is 1.28 bits per heavy atom. The predicted molar refractivity (Wildman–Crippen MR) is 104 cm³/mol. The Labute approximate surface area is 172 Å². The SMILES string of the molecule is CCCc1nc(S/C(=C\c2ccc(OCC(=O)OCC)c(OC)c2)C(=O)[O-])n[nH]1. The van der Waals surface area contributed by atoms with Gasteiger partial charge in [-0.05, 0) is 48.9 Å². The van der Waals surface area contributed by atoms with Gasteiger partial charge in [-0.1, -0.05) is 13.0 Å². The fourth-order valence-electron chi connectivity index (χ4n) is 2.28. The number of nitrogens with one attached hydrogen (secondary N) is 1. The number of carboxylic acids is 1. The van der Waals surface area contributed by atoms with Gasteiger partial charge in [0.25, 0.3) is 0 Å². The second-order valence-electron chi connectivity index (χ2n) is 5.72. The maximum atomic E-state index is 11.5. The van der Waals surface area contributed by atoms with E-state index in [1.807, 2.05) is 6.92 Å². The summed E-state index contributed by atoms with van der Waals surface area (Å²) in [5.41, 5.74) is 0.543. The molecule has 156 valence electrons. The van der Waals surface area contributed by atoms with Gasteiger partial charge in [-0.15, -0.1) is 5.10 Å². The largest absolute Gasteiger partial charge is 0.544 e. The van der Waals surface area contributed by atoms with Gasteiger partial charge in [-0.25, -0.2) is 9.78 Å². The molecule has 1 heterocycles. The molecule has 0 aliphatic rings. The van der Waals surface area contributed by atoms with Gasteiger partial charge in [0.1, 0.15) is 5.82 Å². The molecular formula is C19H22N3O6S-. The molecule has 1 aromatic heterocycles. The number of esters is 1. The highest BCUT2D eigenvalue weighted by molar-refractivity contribution is 8.04. The second-order valence-corrected chi connectivity index (χ2v) is 6.73. The van der Waals surface area contributed by atoms with Gasteiger partial charge >= 0.3 is 5.97 Å². The molecule has 0 aliphatic heterocycles. The molecule has 0 saturated carbocycles. The zero-order valence-electron chi connectivity index (χ0n) is 16.4. The Morgan fingerprint density at radius 2 is 2.07 bits per heavy atom. The number of H-pyrrole nitrogens is 1. The molecule has 1 aromatic carbocycles. The quantitative estimate of drug-likeness (QED) is 0.327. The number of carboxylic acid groups (broad SMARTS) is 1. The van der Waals surface area contributed by atoms with Gasteiger partial charge in [-0.2, -0.15) is 0 Å². The molecule has 0 atom stereocenters. The van der Waals surface area contributed by atoms with Crippen LogP contribution in [-0.4, -0.2) is 47.4 Å². The number of aliphatic carboxylic acids is 1. The average molecular weight is 420 g/mol. The van der Waals surface area contributed by atoms with Crippen molar-refractivity contribution in [2.45, 2.75) is 31.8 Å². The fourth-order valence-corrected chi connectivity index (χ4v) is 3.01. The molecule has 9 nitrogen and oxygen atoms in total. The number of carbonyl (C=O) groups excluding carboxylic acids is 2. The monoisotopic (exact) mass is 420 g/mol. The van der Waals surface area contributed by atoms with Crippen LogP contribution in [0, 0.1) is 0 Å². The average Bonchev–Trinajstić information content (AvgIpc) is 3.13. The molecule has 0 unspecified atom stereocenters. The lowest BCUT2D eigenvalue weighted by Gasteiger charge is -2.11. The van der Waals surface area contributed by atoms with Crippen LogP contribution < -0.4 is 14.6 Å². The van der Waals surface area contributed by atoms with E-state index in [1.54, 1.807) is 25.1 Å². The topological polar surface area (TPSA) is 126 Å². The molecule has 0 saturated heterocycles. The Bertz CT molecular complexity index is 881. The number of methoxy groups -OCH3 is 1. The van der Waals surface area contributed by atoms with E-state index in [0.717, 1.165) is 24.6 Å².